The van der Waals surface area contributed by atoms with E-state index in [1.807, 2.05) is 65.2 Å². The summed E-state index contributed by atoms with van der Waals surface area (Å²) in [5, 5.41) is 18.1. The van der Waals surface area contributed by atoms with Crippen LogP contribution in [0.1, 0.15) is 107 Å². The van der Waals surface area contributed by atoms with Crippen LogP contribution in [-0.2, 0) is 25.5 Å². The summed E-state index contributed by atoms with van der Waals surface area (Å²) in [6, 6.07) is 8.67. The summed E-state index contributed by atoms with van der Waals surface area (Å²) in [5.74, 6) is -1.71. The molecule has 1 aromatic heterocycles. The number of likely N-dealkylation sites (N-methyl/N-ethyl adjacent to an activating group) is 2. The molecule has 1 aliphatic carbocycles. The van der Waals surface area contributed by atoms with Crippen molar-refractivity contribution in [3.05, 3.63) is 52.0 Å². The second-order valence-corrected chi connectivity index (χ2v) is 15.9. The summed E-state index contributed by atoms with van der Waals surface area (Å²) < 4.78 is 6.21. The molecule has 1 saturated carbocycles. The van der Waals surface area contributed by atoms with E-state index >= 15 is 0 Å². The first-order valence-electron chi connectivity index (χ1n) is 18.7. The number of thiazole rings is 1. The Morgan fingerprint density at radius 1 is 1.06 bits per heavy atom. The van der Waals surface area contributed by atoms with Crippen LogP contribution in [0.5, 0.6) is 0 Å². The van der Waals surface area contributed by atoms with Gasteiger partial charge >= 0.3 is 5.97 Å². The van der Waals surface area contributed by atoms with Gasteiger partial charge in [-0.15, -0.1) is 11.3 Å². The van der Waals surface area contributed by atoms with E-state index in [0.29, 0.717) is 36.4 Å². The molecular weight excluding hydrogens is 667 g/mol. The van der Waals surface area contributed by atoms with Gasteiger partial charge in [0.05, 0.1) is 12.0 Å². The van der Waals surface area contributed by atoms with E-state index in [1.54, 1.807) is 17.2 Å². The van der Waals surface area contributed by atoms with Crippen molar-refractivity contribution in [2.45, 2.75) is 123 Å². The monoisotopic (exact) mass is 725 g/mol. The zero-order chi connectivity index (χ0) is 37.4. The Morgan fingerprint density at radius 3 is 2.35 bits per heavy atom. The van der Waals surface area contributed by atoms with E-state index in [9.17, 15) is 24.3 Å². The van der Waals surface area contributed by atoms with Gasteiger partial charge in [-0.05, 0) is 69.4 Å². The standard InChI is InChI=1S/C39H59N5O6S/c1-9-24(5)33(42-36(46)34-27-16-17-29(20-27)43(34)7)38(47)44(8)31(23(3)4)21-32(50-10-2)37-41-30(22-51-37)35(45)40-28(18-25(6)39(48)49)19-26-14-12-11-13-15-26/h11-15,22-25,27-29,31-34H,9-10,16-21H2,1-8H3,(H,40,45)(H,42,46)(H,48,49)/t24?,25?,27-,28?,29+,31?,32?,33?,34-/m1/s1. The van der Waals surface area contributed by atoms with Gasteiger partial charge in [0.1, 0.15) is 22.8 Å². The average molecular weight is 726 g/mol. The maximum atomic E-state index is 14.3. The smallest absolute Gasteiger partial charge is 0.306 e. The average Bonchev–Trinajstić information content (AvgIpc) is 3.86. The Labute approximate surface area is 307 Å². The Morgan fingerprint density at radius 2 is 1.76 bits per heavy atom. The fourth-order valence-electron chi connectivity index (χ4n) is 7.87. The van der Waals surface area contributed by atoms with Crippen LogP contribution in [0.3, 0.4) is 0 Å². The number of carbonyl (C=O) groups excluding carboxylic acids is 3. The van der Waals surface area contributed by atoms with Crippen molar-refractivity contribution < 1.29 is 29.0 Å². The predicted molar refractivity (Wildman–Crippen MR) is 199 cm³/mol. The maximum Gasteiger partial charge on any atom is 0.306 e. The fraction of sp³-hybridized carbons (Fsp3) is 0.667. The number of ether oxygens (including phenoxy) is 1. The summed E-state index contributed by atoms with van der Waals surface area (Å²) in [6.45, 7) is 12.2. The second-order valence-electron chi connectivity index (χ2n) is 15.1. The second kappa shape index (κ2) is 18.4. The van der Waals surface area contributed by atoms with Gasteiger partial charge in [0.2, 0.25) is 11.8 Å². The summed E-state index contributed by atoms with van der Waals surface area (Å²) in [4.78, 5) is 61.7. The summed E-state index contributed by atoms with van der Waals surface area (Å²) in [5.41, 5.74) is 1.25. The van der Waals surface area contributed by atoms with Crippen molar-refractivity contribution in [2.24, 2.45) is 23.7 Å². The van der Waals surface area contributed by atoms with Gasteiger partial charge in [-0.25, -0.2) is 4.98 Å². The van der Waals surface area contributed by atoms with E-state index in [1.165, 1.54) is 11.3 Å². The number of amides is 3. The van der Waals surface area contributed by atoms with Crippen molar-refractivity contribution in [3.63, 3.8) is 0 Å². The molecule has 282 valence electrons. The number of hydrogen-bond acceptors (Lipinski definition) is 8. The van der Waals surface area contributed by atoms with Crippen LogP contribution >= 0.6 is 11.3 Å². The minimum Gasteiger partial charge on any atom is -0.481 e. The van der Waals surface area contributed by atoms with Crippen LogP contribution < -0.4 is 10.6 Å². The molecule has 12 heteroatoms. The highest BCUT2D eigenvalue weighted by Crippen LogP contribution is 2.41. The maximum absolute atomic E-state index is 14.3. The molecule has 2 aromatic rings. The van der Waals surface area contributed by atoms with Crippen LogP contribution in [0.4, 0.5) is 0 Å². The van der Waals surface area contributed by atoms with Crippen LogP contribution in [0, 0.1) is 23.7 Å². The molecule has 0 spiro atoms. The molecule has 2 aliphatic rings. The number of piperidine rings is 1. The SMILES string of the molecule is CCOC(CC(C(C)C)N(C)C(=O)C(NC(=O)[C@H]1[C@@H]2CC[C@@H](C2)N1C)C(C)CC)c1nc(C(=O)NC(Cc2ccccc2)CC(C)C(=O)O)cs1. The van der Waals surface area contributed by atoms with Gasteiger partial charge in [0, 0.05) is 43.6 Å². The number of nitrogens with one attached hydrogen (secondary N) is 2. The molecule has 6 unspecified atom stereocenters. The molecule has 2 heterocycles. The number of nitrogens with zero attached hydrogens (tertiary/aromatic N) is 3. The minimum absolute atomic E-state index is 0.0486. The molecule has 1 aliphatic heterocycles. The molecule has 1 saturated heterocycles. The van der Waals surface area contributed by atoms with Crippen LogP contribution in [0.15, 0.2) is 35.7 Å². The van der Waals surface area contributed by atoms with Crippen LogP contribution in [0.2, 0.25) is 0 Å². The summed E-state index contributed by atoms with van der Waals surface area (Å²) in [7, 11) is 3.84. The number of carboxylic acid groups (broad SMARTS) is 1. The number of carbonyl (C=O) groups is 4. The van der Waals surface area contributed by atoms with Gasteiger partial charge in [-0.3, -0.25) is 24.1 Å². The fourth-order valence-corrected chi connectivity index (χ4v) is 8.73. The first kappa shape index (κ1) is 40.4. The number of carboxylic acids is 1. The van der Waals surface area contributed by atoms with Crippen molar-refractivity contribution >= 4 is 35.0 Å². The van der Waals surface area contributed by atoms with Crippen molar-refractivity contribution in [2.75, 3.05) is 20.7 Å². The molecule has 0 radical (unpaired) electrons. The summed E-state index contributed by atoms with van der Waals surface area (Å²) in [6.07, 6.45) is 4.75. The number of benzene rings is 1. The number of rotatable bonds is 19. The molecule has 4 rings (SSSR count). The number of aliphatic carboxylic acids is 1. The van der Waals surface area contributed by atoms with Gasteiger partial charge in [-0.1, -0.05) is 71.4 Å². The molecule has 51 heavy (non-hydrogen) atoms. The minimum atomic E-state index is -0.910. The highest BCUT2D eigenvalue weighted by Gasteiger charge is 2.48. The van der Waals surface area contributed by atoms with E-state index in [4.69, 9.17) is 9.72 Å². The molecular formula is C39H59N5O6S. The zero-order valence-corrected chi connectivity index (χ0v) is 32.4. The first-order valence-corrected chi connectivity index (χ1v) is 19.6. The lowest BCUT2D eigenvalue weighted by Gasteiger charge is -2.38. The van der Waals surface area contributed by atoms with Gasteiger partial charge < -0.3 is 25.4 Å². The van der Waals surface area contributed by atoms with Crippen molar-refractivity contribution in [3.8, 4) is 0 Å². The highest BCUT2D eigenvalue weighted by atomic mass is 32.1. The third-order valence-electron chi connectivity index (χ3n) is 11.1. The zero-order valence-electron chi connectivity index (χ0n) is 31.6. The van der Waals surface area contributed by atoms with E-state index < -0.39 is 30.1 Å². The predicted octanol–water partition coefficient (Wildman–Crippen LogP) is 5.56. The topological polar surface area (TPSA) is 141 Å². The molecule has 11 nitrogen and oxygen atoms in total. The number of fused-ring (bicyclic) bond motifs is 2. The van der Waals surface area contributed by atoms with Crippen molar-refractivity contribution in [1.82, 2.24) is 25.4 Å². The molecule has 9 atom stereocenters. The van der Waals surface area contributed by atoms with Gasteiger partial charge in [0.15, 0.2) is 0 Å². The Hall–Kier alpha value is -3.35. The Balaban J connectivity index is 1.48. The molecule has 3 amide bonds. The van der Waals surface area contributed by atoms with Gasteiger partial charge in [0.25, 0.3) is 5.91 Å². The lowest BCUT2D eigenvalue weighted by atomic mass is 9.92. The van der Waals surface area contributed by atoms with Crippen LogP contribution in [0.25, 0.3) is 0 Å². The number of likely N-dealkylation sites (tertiary alicyclic amines) is 1. The molecule has 2 bridgehead atoms. The van der Waals surface area contributed by atoms with Crippen molar-refractivity contribution in [1.29, 1.82) is 0 Å². The highest BCUT2D eigenvalue weighted by molar-refractivity contribution is 7.09. The third kappa shape index (κ3) is 10.2. The third-order valence-corrected chi connectivity index (χ3v) is 12.1. The quantitative estimate of drug-likeness (QED) is 0.171. The first-order chi connectivity index (χ1) is 24.2. The van der Waals surface area contributed by atoms with Crippen LogP contribution in [-0.4, -0.2) is 94.5 Å². The molecule has 2 fully saturated rings. The van der Waals surface area contributed by atoms with Gasteiger partial charge in [-0.2, -0.15) is 0 Å². The van der Waals surface area contributed by atoms with E-state index in [0.717, 1.165) is 31.2 Å². The summed E-state index contributed by atoms with van der Waals surface area (Å²) >= 11 is 1.34. The normalized spacial score (nSPS) is 22.2. The van der Waals surface area contributed by atoms with E-state index in [2.05, 4.69) is 29.4 Å². The lowest BCUT2D eigenvalue weighted by Crippen LogP contribution is -2.58. The largest absolute Gasteiger partial charge is 0.481 e. The number of aromatic nitrogens is 1. The number of hydrogen-bond donors (Lipinski definition) is 3. The Kier molecular flexibility index (Phi) is 14.6. The Bertz CT molecular complexity index is 1470. The lowest BCUT2D eigenvalue weighted by molar-refractivity contribution is -0.141. The van der Waals surface area contributed by atoms with E-state index in [-0.39, 0.29) is 53.8 Å². The molecule has 1 aromatic carbocycles. The molecule has 3 N–H and O–H groups in total.